The molecule has 10 heteroatoms. The molecule has 9 nitrogen and oxygen atoms in total. The van der Waals surface area contributed by atoms with E-state index in [-0.39, 0.29) is 48.5 Å². The van der Waals surface area contributed by atoms with Crippen molar-refractivity contribution in [1.29, 1.82) is 0 Å². The number of halogens is 1. The number of fused-ring (bicyclic) bond motifs is 3. The van der Waals surface area contributed by atoms with Gasteiger partial charge in [-0.15, -0.1) is 0 Å². The largest absolute Gasteiger partial charge is 0.365 e. The van der Waals surface area contributed by atoms with Crippen molar-refractivity contribution in [2.45, 2.75) is 38.9 Å². The second kappa shape index (κ2) is 10.4. The lowest BCUT2D eigenvalue weighted by molar-refractivity contribution is -0.384. The van der Waals surface area contributed by atoms with Gasteiger partial charge in [0, 0.05) is 50.0 Å². The van der Waals surface area contributed by atoms with Crippen LogP contribution in [-0.2, 0) is 22.6 Å². The molecule has 186 valence electrons. The monoisotopic (exact) mass is 483 g/mol. The minimum atomic E-state index is -0.478. The normalized spacial score (nSPS) is 19.6. The third-order valence-corrected chi connectivity index (χ3v) is 6.50. The second-order valence-corrected chi connectivity index (χ2v) is 9.45. The molecule has 2 aromatic carbocycles. The Morgan fingerprint density at radius 1 is 1.20 bits per heavy atom. The summed E-state index contributed by atoms with van der Waals surface area (Å²) in [5, 5.41) is 17.1. The Hall–Kier alpha value is -3.53. The van der Waals surface area contributed by atoms with Crippen molar-refractivity contribution in [2.75, 3.05) is 31.1 Å². The van der Waals surface area contributed by atoms with Crippen molar-refractivity contribution >= 4 is 23.2 Å². The predicted octanol–water partition coefficient (Wildman–Crippen LogP) is 2.24. The van der Waals surface area contributed by atoms with Gasteiger partial charge in [-0.1, -0.05) is 12.1 Å². The highest BCUT2D eigenvalue weighted by atomic mass is 19.1. The van der Waals surface area contributed by atoms with Gasteiger partial charge in [0.25, 0.3) is 5.69 Å². The molecule has 0 spiro atoms. The van der Waals surface area contributed by atoms with Gasteiger partial charge < -0.3 is 15.5 Å². The fourth-order valence-electron chi connectivity index (χ4n) is 4.96. The number of hydrogen-bond acceptors (Lipinski definition) is 6. The van der Waals surface area contributed by atoms with Crippen molar-refractivity contribution in [3.63, 3.8) is 0 Å². The van der Waals surface area contributed by atoms with Crippen LogP contribution in [0.3, 0.4) is 0 Å². The van der Waals surface area contributed by atoms with Crippen LogP contribution in [0.25, 0.3) is 0 Å². The van der Waals surface area contributed by atoms with E-state index < -0.39 is 10.8 Å². The number of benzene rings is 2. The summed E-state index contributed by atoms with van der Waals surface area (Å²) >= 11 is 0. The first-order chi connectivity index (χ1) is 16.7. The van der Waals surface area contributed by atoms with E-state index in [1.165, 1.54) is 18.2 Å². The number of anilines is 1. The molecular weight excluding hydrogens is 453 g/mol. The Kier molecular flexibility index (Phi) is 7.30. The molecule has 2 atom stereocenters. The zero-order valence-electron chi connectivity index (χ0n) is 19.9. The lowest BCUT2D eigenvalue weighted by Crippen LogP contribution is -2.62. The Bertz CT molecular complexity index is 1120. The molecule has 0 aromatic heterocycles. The summed E-state index contributed by atoms with van der Waals surface area (Å²) in [4.78, 5) is 40.8. The molecule has 2 N–H and O–H groups in total. The summed E-state index contributed by atoms with van der Waals surface area (Å²) in [6.45, 7) is 5.99. The van der Waals surface area contributed by atoms with Gasteiger partial charge in [0.15, 0.2) is 0 Å². The first-order valence-electron chi connectivity index (χ1n) is 11.8. The summed E-state index contributed by atoms with van der Waals surface area (Å²) in [6, 6.07) is 10.7. The molecule has 2 aromatic rings. The van der Waals surface area contributed by atoms with Crippen molar-refractivity contribution in [3.8, 4) is 0 Å². The van der Waals surface area contributed by atoms with Crippen molar-refractivity contribution in [2.24, 2.45) is 5.92 Å². The van der Waals surface area contributed by atoms with Crippen molar-refractivity contribution in [3.05, 3.63) is 69.5 Å². The summed E-state index contributed by atoms with van der Waals surface area (Å²) < 4.78 is 13.5. The van der Waals surface area contributed by atoms with E-state index in [9.17, 15) is 24.1 Å². The molecule has 2 heterocycles. The minimum Gasteiger partial charge on any atom is -0.365 e. The van der Waals surface area contributed by atoms with E-state index >= 15 is 0 Å². The van der Waals surface area contributed by atoms with Gasteiger partial charge in [-0.05, 0) is 49.6 Å². The Labute approximate surface area is 203 Å². The van der Waals surface area contributed by atoms with Gasteiger partial charge in [0.2, 0.25) is 11.8 Å². The number of nitro benzene ring substituents is 1. The van der Waals surface area contributed by atoms with E-state index in [0.29, 0.717) is 31.6 Å². The van der Waals surface area contributed by atoms with Gasteiger partial charge in [-0.3, -0.25) is 24.6 Å². The number of piperazine rings is 1. The molecule has 4 rings (SSSR count). The SMILES string of the molecule is CC(C)NC(=O)CN1CCN2c3ccc([N+](=O)[O-])cc3C[C@H](C(=O)NCc3cccc(F)c3)[C@H]2C1. The van der Waals surface area contributed by atoms with Crippen LogP contribution in [0.1, 0.15) is 25.0 Å². The molecule has 2 aliphatic heterocycles. The molecule has 2 aliphatic rings. The molecule has 2 amide bonds. The molecule has 0 saturated carbocycles. The molecule has 0 bridgehead atoms. The fraction of sp³-hybridized carbons (Fsp3) is 0.440. The van der Waals surface area contributed by atoms with E-state index in [1.807, 2.05) is 18.7 Å². The minimum absolute atomic E-state index is 0.00916. The average molecular weight is 484 g/mol. The van der Waals surface area contributed by atoms with Crippen LogP contribution >= 0.6 is 0 Å². The van der Waals surface area contributed by atoms with Crippen LogP contribution in [0.15, 0.2) is 42.5 Å². The predicted molar refractivity (Wildman–Crippen MR) is 129 cm³/mol. The van der Waals surface area contributed by atoms with E-state index in [2.05, 4.69) is 15.5 Å². The number of carbonyl (C=O) groups excluding carboxylic acids is 2. The van der Waals surface area contributed by atoms with Gasteiger partial charge in [0.05, 0.1) is 23.4 Å². The maximum absolute atomic E-state index is 13.5. The Balaban J connectivity index is 1.56. The van der Waals surface area contributed by atoms with Gasteiger partial charge in [0.1, 0.15) is 5.82 Å². The summed E-state index contributed by atoms with van der Waals surface area (Å²) in [5.41, 5.74) is 2.29. The highest BCUT2D eigenvalue weighted by Gasteiger charge is 2.42. The highest BCUT2D eigenvalue weighted by Crippen LogP contribution is 2.38. The quantitative estimate of drug-likeness (QED) is 0.462. The average Bonchev–Trinajstić information content (AvgIpc) is 2.81. The summed E-state index contributed by atoms with van der Waals surface area (Å²) in [5.74, 6) is -1.11. The Morgan fingerprint density at radius 2 is 2.00 bits per heavy atom. The first-order valence-corrected chi connectivity index (χ1v) is 11.8. The highest BCUT2D eigenvalue weighted by molar-refractivity contribution is 5.82. The molecule has 0 unspecified atom stereocenters. The first kappa shape index (κ1) is 24.6. The standard InChI is InChI=1S/C25H30FN5O4/c1-16(2)28-24(32)15-29-8-9-30-22-7-6-20(31(34)35)11-18(22)12-21(23(30)14-29)25(33)27-13-17-4-3-5-19(26)10-17/h3-7,10-11,16,21,23H,8-9,12-15H2,1-2H3,(H,27,33)(H,28,32)/t21-,23+/m0/s1. The van der Waals surface area contributed by atoms with Crippen LogP contribution in [0, 0.1) is 21.8 Å². The maximum Gasteiger partial charge on any atom is 0.269 e. The van der Waals surface area contributed by atoms with Crippen LogP contribution in [-0.4, -0.2) is 59.9 Å². The number of nitrogens with one attached hydrogen (secondary N) is 2. The number of nitro groups is 1. The van der Waals surface area contributed by atoms with Crippen molar-refractivity contribution < 1.29 is 18.9 Å². The van der Waals surface area contributed by atoms with Gasteiger partial charge in [-0.25, -0.2) is 4.39 Å². The van der Waals surface area contributed by atoms with Gasteiger partial charge >= 0.3 is 0 Å². The molecule has 0 aliphatic carbocycles. The van der Waals surface area contributed by atoms with Crippen LogP contribution in [0.2, 0.25) is 0 Å². The smallest absolute Gasteiger partial charge is 0.269 e. The number of non-ortho nitro benzene ring substituents is 1. The number of rotatable bonds is 7. The van der Waals surface area contributed by atoms with Crippen molar-refractivity contribution in [1.82, 2.24) is 15.5 Å². The van der Waals surface area contributed by atoms with E-state index in [0.717, 1.165) is 11.3 Å². The van der Waals surface area contributed by atoms with E-state index in [1.54, 1.807) is 24.3 Å². The van der Waals surface area contributed by atoms with Crippen LogP contribution in [0.4, 0.5) is 15.8 Å². The van der Waals surface area contributed by atoms with Crippen LogP contribution in [0.5, 0.6) is 0 Å². The number of amides is 2. The zero-order chi connectivity index (χ0) is 25.1. The van der Waals surface area contributed by atoms with Gasteiger partial charge in [-0.2, -0.15) is 0 Å². The topological polar surface area (TPSA) is 108 Å². The Morgan fingerprint density at radius 3 is 2.71 bits per heavy atom. The molecule has 35 heavy (non-hydrogen) atoms. The number of nitrogens with zero attached hydrogens (tertiary/aromatic N) is 3. The lowest BCUT2D eigenvalue weighted by Gasteiger charge is -2.49. The lowest BCUT2D eigenvalue weighted by atomic mass is 9.83. The molecule has 0 radical (unpaired) electrons. The van der Waals surface area contributed by atoms with E-state index in [4.69, 9.17) is 0 Å². The second-order valence-electron chi connectivity index (χ2n) is 9.45. The third kappa shape index (κ3) is 5.76. The maximum atomic E-state index is 13.5. The molecule has 1 saturated heterocycles. The fourth-order valence-corrected chi connectivity index (χ4v) is 4.96. The van der Waals surface area contributed by atoms with Crippen LogP contribution < -0.4 is 15.5 Å². The molecular formula is C25H30FN5O4. The summed E-state index contributed by atoms with van der Waals surface area (Å²) in [7, 11) is 0. The summed E-state index contributed by atoms with van der Waals surface area (Å²) in [6.07, 6.45) is 0.346. The third-order valence-electron chi connectivity index (χ3n) is 6.50. The number of hydrogen-bond donors (Lipinski definition) is 2. The zero-order valence-corrected chi connectivity index (χ0v) is 19.9. The number of carbonyl (C=O) groups is 2. The molecule has 1 fully saturated rings.